The van der Waals surface area contributed by atoms with Gasteiger partial charge in [-0.2, -0.15) is 0 Å². The van der Waals surface area contributed by atoms with Crippen LogP contribution in [0.15, 0.2) is 40.1 Å². The number of halogens is 1. The predicted molar refractivity (Wildman–Crippen MR) is 89.0 cm³/mol. The van der Waals surface area contributed by atoms with Crippen LogP contribution in [-0.2, 0) is 0 Å². The van der Waals surface area contributed by atoms with E-state index in [0.717, 1.165) is 17.7 Å². The van der Waals surface area contributed by atoms with Crippen molar-refractivity contribution >= 4 is 34.5 Å². The first-order valence-corrected chi connectivity index (χ1v) is 8.44. The van der Waals surface area contributed by atoms with Crippen LogP contribution in [0.2, 0.25) is 5.02 Å². The standard InChI is InChI=1S/C16H12ClN3O2S/c17-11-5-3-9(4-6-11)14(21)18-12-7-8-23-13(12)16-20-19-15(22-16)10-1-2-10/h3-8,10H,1-2H2,(H,18,21). The zero-order valence-electron chi connectivity index (χ0n) is 12.0. The van der Waals surface area contributed by atoms with Crippen LogP contribution in [-0.4, -0.2) is 16.1 Å². The zero-order chi connectivity index (χ0) is 15.8. The second-order valence-corrected chi connectivity index (χ2v) is 6.70. The molecule has 1 aliphatic carbocycles. The van der Waals surface area contributed by atoms with Crippen LogP contribution in [0.5, 0.6) is 0 Å². The van der Waals surface area contributed by atoms with Gasteiger partial charge in [0.1, 0.15) is 4.88 Å². The minimum Gasteiger partial charge on any atom is -0.420 e. The molecule has 4 rings (SSSR count). The molecular weight excluding hydrogens is 334 g/mol. The van der Waals surface area contributed by atoms with Crippen molar-refractivity contribution in [2.45, 2.75) is 18.8 Å². The zero-order valence-corrected chi connectivity index (χ0v) is 13.5. The lowest BCUT2D eigenvalue weighted by Crippen LogP contribution is -2.11. The molecule has 7 heteroatoms. The first-order chi connectivity index (χ1) is 11.2. The molecule has 0 saturated heterocycles. The Hall–Kier alpha value is -2.18. The van der Waals surface area contributed by atoms with Crippen LogP contribution in [0.4, 0.5) is 5.69 Å². The van der Waals surface area contributed by atoms with E-state index >= 15 is 0 Å². The molecule has 2 aromatic heterocycles. The molecule has 1 fully saturated rings. The lowest BCUT2D eigenvalue weighted by Gasteiger charge is -2.04. The lowest BCUT2D eigenvalue weighted by molar-refractivity contribution is 0.102. The average Bonchev–Trinajstić information content (AvgIpc) is 3.10. The highest BCUT2D eigenvalue weighted by molar-refractivity contribution is 7.14. The van der Waals surface area contributed by atoms with Crippen molar-refractivity contribution in [1.82, 2.24) is 10.2 Å². The summed E-state index contributed by atoms with van der Waals surface area (Å²) < 4.78 is 5.72. The van der Waals surface area contributed by atoms with Crippen molar-refractivity contribution in [2.75, 3.05) is 5.32 Å². The molecule has 0 unspecified atom stereocenters. The Balaban J connectivity index is 1.56. The molecule has 0 aliphatic heterocycles. The van der Waals surface area contributed by atoms with Gasteiger partial charge in [-0.25, -0.2) is 0 Å². The van der Waals surface area contributed by atoms with Crippen molar-refractivity contribution in [2.24, 2.45) is 0 Å². The number of carbonyl (C=O) groups is 1. The molecule has 0 spiro atoms. The van der Waals surface area contributed by atoms with E-state index in [2.05, 4.69) is 15.5 Å². The number of rotatable bonds is 4. The van der Waals surface area contributed by atoms with Crippen molar-refractivity contribution in [3.63, 3.8) is 0 Å². The number of carbonyl (C=O) groups excluding carboxylic acids is 1. The molecule has 3 aromatic rings. The monoisotopic (exact) mass is 345 g/mol. The summed E-state index contributed by atoms with van der Waals surface area (Å²) in [6.45, 7) is 0. The van der Waals surface area contributed by atoms with Gasteiger partial charge in [0.2, 0.25) is 5.89 Å². The van der Waals surface area contributed by atoms with E-state index in [1.807, 2.05) is 11.4 Å². The van der Waals surface area contributed by atoms with E-state index in [1.165, 1.54) is 11.3 Å². The van der Waals surface area contributed by atoms with Crippen LogP contribution in [0.3, 0.4) is 0 Å². The van der Waals surface area contributed by atoms with E-state index in [9.17, 15) is 4.79 Å². The molecule has 1 N–H and O–H groups in total. The van der Waals surface area contributed by atoms with E-state index < -0.39 is 0 Å². The third kappa shape index (κ3) is 3.00. The molecule has 1 aromatic carbocycles. The first-order valence-electron chi connectivity index (χ1n) is 7.19. The highest BCUT2D eigenvalue weighted by Gasteiger charge is 2.30. The number of amides is 1. The van der Waals surface area contributed by atoms with Gasteiger partial charge in [-0.05, 0) is 48.6 Å². The van der Waals surface area contributed by atoms with Crippen LogP contribution < -0.4 is 5.32 Å². The molecule has 0 bridgehead atoms. The predicted octanol–water partition coefficient (Wildman–Crippen LogP) is 4.58. The number of hydrogen-bond acceptors (Lipinski definition) is 5. The van der Waals surface area contributed by atoms with Crippen LogP contribution in [0.1, 0.15) is 35.0 Å². The fourth-order valence-corrected chi connectivity index (χ4v) is 3.09. The van der Waals surface area contributed by atoms with E-state index in [0.29, 0.717) is 34.0 Å². The molecule has 1 aliphatic rings. The molecule has 0 radical (unpaired) electrons. The molecule has 1 amide bonds. The minimum atomic E-state index is -0.205. The summed E-state index contributed by atoms with van der Waals surface area (Å²) in [5.41, 5.74) is 1.21. The van der Waals surface area contributed by atoms with Gasteiger partial charge in [0.15, 0.2) is 0 Å². The number of anilines is 1. The number of nitrogens with zero attached hydrogens (tertiary/aromatic N) is 2. The maximum atomic E-state index is 12.3. The Bertz CT molecular complexity index is 852. The average molecular weight is 346 g/mol. The smallest absolute Gasteiger partial charge is 0.259 e. The fourth-order valence-electron chi connectivity index (χ4n) is 2.19. The quantitative estimate of drug-likeness (QED) is 0.751. The molecule has 116 valence electrons. The lowest BCUT2D eigenvalue weighted by atomic mass is 10.2. The Labute approximate surface area is 141 Å². The summed E-state index contributed by atoms with van der Waals surface area (Å²) in [5, 5.41) is 13.5. The first kappa shape index (κ1) is 14.4. The highest BCUT2D eigenvalue weighted by Crippen LogP contribution is 2.41. The van der Waals surface area contributed by atoms with Gasteiger partial charge in [-0.1, -0.05) is 11.6 Å². The second kappa shape index (κ2) is 5.79. The Morgan fingerprint density at radius 1 is 1.22 bits per heavy atom. The minimum absolute atomic E-state index is 0.205. The van der Waals surface area contributed by atoms with E-state index in [1.54, 1.807) is 24.3 Å². The maximum Gasteiger partial charge on any atom is 0.259 e. The third-order valence-electron chi connectivity index (χ3n) is 3.58. The van der Waals surface area contributed by atoms with Gasteiger partial charge in [0.05, 0.1) is 5.69 Å². The van der Waals surface area contributed by atoms with Gasteiger partial charge < -0.3 is 9.73 Å². The molecule has 23 heavy (non-hydrogen) atoms. The maximum absolute atomic E-state index is 12.3. The summed E-state index contributed by atoms with van der Waals surface area (Å²) in [6.07, 6.45) is 2.21. The topological polar surface area (TPSA) is 68.0 Å². The van der Waals surface area contributed by atoms with Crippen molar-refractivity contribution in [1.29, 1.82) is 0 Å². The third-order valence-corrected chi connectivity index (χ3v) is 4.74. The molecule has 0 atom stereocenters. The van der Waals surface area contributed by atoms with Gasteiger partial charge in [0.25, 0.3) is 11.8 Å². The second-order valence-electron chi connectivity index (χ2n) is 5.34. The van der Waals surface area contributed by atoms with Crippen molar-refractivity contribution in [3.05, 3.63) is 52.2 Å². The molecule has 5 nitrogen and oxygen atoms in total. The summed E-state index contributed by atoms with van der Waals surface area (Å²) in [4.78, 5) is 13.1. The summed E-state index contributed by atoms with van der Waals surface area (Å²) in [7, 11) is 0. The van der Waals surface area contributed by atoms with E-state index in [4.69, 9.17) is 16.0 Å². The fraction of sp³-hybridized carbons (Fsp3) is 0.188. The largest absolute Gasteiger partial charge is 0.420 e. The van der Waals surface area contributed by atoms with Gasteiger partial charge in [-0.15, -0.1) is 21.5 Å². The van der Waals surface area contributed by atoms with Crippen LogP contribution in [0, 0.1) is 0 Å². The summed E-state index contributed by atoms with van der Waals surface area (Å²) in [6, 6.07) is 8.56. The van der Waals surface area contributed by atoms with Gasteiger partial charge in [0, 0.05) is 16.5 Å². The number of aromatic nitrogens is 2. The van der Waals surface area contributed by atoms with Crippen LogP contribution in [0.25, 0.3) is 10.8 Å². The highest BCUT2D eigenvalue weighted by atomic mass is 35.5. The summed E-state index contributed by atoms with van der Waals surface area (Å²) in [5.74, 6) is 1.34. The van der Waals surface area contributed by atoms with Crippen molar-refractivity contribution < 1.29 is 9.21 Å². The number of nitrogens with one attached hydrogen (secondary N) is 1. The molecule has 2 heterocycles. The number of benzene rings is 1. The van der Waals surface area contributed by atoms with E-state index in [-0.39, 0.29) is 5.91 Å². The summed E-state index contributed by atoms with van der Waals surface area (Å²) >= 11 is 7.30. The van der Waals surface area contributed by atoms with Crippen molar-refractivity contribution in [3.8, 4) is 10.8 Å². The molecular formula is C16H12ClN3O2S. The normalized spacial score (nSPS) is 14.0. The Morgan fingerprint density at radius 3 is 2.74 bits per heavy atom. The van der Waals surface area contributed by atoms with Gasteiger partial charge in [-0.3, -0.25) is 4.79 Å². The Kier molecular flexibility index (Phi) is 3.63. The Morgan fingerprint density at radius 2 is 2.00 bits per heavy atom. The number of thiophene rings is 1. The molecule has 1 saturated carbocycles. The van der Waals surface area contributed by atoms with Gasteiger partial charge >= 0.3 is 0 Å². The number of hydrogen-bond donors (Lipinski definition) is 1. The van der Waals surface area contributed by atoms with Crippen LogP contribution >= 0.6 is 22.9 Å². The SMILES string of the molecule is O=C(Nc1ccsc1-c1nnc(C2CC2)o1)c1ccc(Cl)cc1.